The van der Waals surface area contributed by atoms with Gasteiger partial charge in [0.15, 0.2) is 5.58 Å². The Morgan fingerprint density at radius 2 is 1.76 bits per heavy atom. The van der Waals surface area contributed by atoms with Crippen LogP contribution in [0.15, 0.2) is 52.9 Å². The number of rotatable bonds is 2. The number of aromatic nitrogens is 1. The van der Waals surface area contributed by atoms with Gasteiger partial charge in [0, 0.05) is 0 Å². The highest BCUT2D eigenvalue weighted by molar-refractivity contribution is 5.74. The van der Waals surface area contributed by atoms with Crippen molar-refractivity contribution < 1.29 is 4.42 Å². The van der Waals surface area contributed by atoms with Gasteiger partial charge in [-0.1, -0.05) is 57.2 Å². The molecule has 3 rings (SSSR count). The summed E-state index contributed by atoms with van der Waals surface area (Å²) in [7, 11) is 0. The maximum Gasteiger partial charge on any atom is 0.217 e. The highest BCUT2D eigenvalue weighted by atomic mass is 16.3. The number of benzene rings is 2. The van der Waals surface area contributed by atoms with Gasteiger partial charge >= 0.3 is 0 Å². The van der Waals surface area contributed by atoms with E-state index in [4.69, 9.17) is 10.2 Å². The van der Waals surface area contributed by atoms with Gasteiger partial charge in [0.25, 0.3) is 0 Å². The van der Waals surface area contributed by atoms with E-state index in [0.717, 1.165) is 16.7 Å². The van der Waals surface area contributed by atoms with E-state index in [1.165, 1.54) is 5.56 Å². The van der Waals surface area contributed by atoms with Crippen LogP contribution < -0.4 is 5.73 Å². The minimum absolute atomic E-state index is 0.0921. The summed E-state index contributed by atoms with van der Waals surface area (Å²) in [5, 5.41) is 0. The first-order chi connectivity index (χ1) is 9.95. The SMILES string of the molecule is CC(C)(C)c1ccc2oc(C(N)c3ccccc3)nc2c1. The molecule has 1 atom stereocenters. The second kappa shape index (κ2) is 5.01. The summed E-state index contributed by atoms with van der Waals surface area (Å²) in [6.07, 6.45) is 0. The van der Waals surface area contributed by atoms with Crippen LogP contribution in [0.3, 0.4) is 0 Å². The van der Waals surface area contributed by atoms with Gasteiger partial charge in [0.2, 0.25) is 5.89 Å². The minimum Gasteiger partial charge on any atom is -0.439 e. The van der Waals surface area contributed by atoms with Crippen molar-refractivity contribution in [1.82, 2.24) is 4.98 Å². The van der Waals surface area contributed by atoms with Crippen LogP contribution >= 0.6 is 0 Å². The molecular weight excluding hydrogens is 260 g/mol. The summed E-state index contributed by atoms with van der Waals surface area (Å²) >= 11 is 0. The van der Waals surface area contributed by atoms with Crippen molar-refractivity contribution in [2.45, 2.75) is 32.2 Å². The molecule has 0 radical (unpaired) electrons. The number of nitrogens with two attached hydrogens (primary N) is 1. The Hall–Kier alpha value is -2.13. The Labute approximate surface area is 124 Å². The molecule has 0 aliphatic carbocycles. The van der Waals surface area contributed by atoms with Crippen LogP contribution in [0.5, 0.6) is 0 Å². The molecule has 3 aromatic rings. The first-order valence-electron chi connectivity index (χ1n) is 7.16. The maximum absolute atomic E-state index is 6.25. The zero-order chi connectivity index (χ0) is 15.0. The molecule has 2 N–H and O–H groups in total. The Bertz CT molecular complexity index is 754. The van der Waals surface area contributed by atoms with Crippen molar-refractivity contribution in [2.24, 2.45) is 5.73 Å². The first kappa shape index (κ1) is 13.8. The molecule has 1 aromatic heterocycles. The highest BCUT2D eigenvalue weighted by Gasteiger charge is 2.18. The summed E-state index contributed by atoms with van der Waals surface area (Å²) in [6, 6.07) is 15.7. The van der Waals surface area contributed by atoms with Crippen molar-refractivity contribution in [2.75, 3.05) is 0 Å². The van der Waals surface area contributed by atoms with Gasteiger partial charge in [-0.05, 0) is 28.7 Å². The van der Waals surface area contributed by atoms with E-state index in [2.05, 4.69) is 37.9 Å². The molecule has 0 saturated carbocycles. The molecule has 0 aliphatic heterocycles. The normalized spacial score (nSPS) is 13.5. The van der Waals surface area contributed by atoms with Crippen LogP contribution in [0.1, 0.15) is 43.8 Å². The molecule has 0 aliphatic rings. The van der Waals surface area contributed by atoms with Gasteiger partial charge in [0.1, 0.15) is 11.6 Å². The topological polar surface area (TPSA) is 52.0 Å². The molecule has 1 unspecified atom stereocenters. The molecule has 21 heavy (non-hydrogen) atoms. The molecule has 0 saturated heterocycles. The van der Waals surface area contributed by atoms with E-state index in [-0.39, 0.29) is 11.5 Å². The Kier molecular flexibility index (Phi) is 3.30. The second-order valence-electron chi connectivity index (χ2n) is 6.37. The van der Waals surface area contributed by atoms with E-state index in [0.29, 0.717) is 5.89 Å². The Morgan fingerprint density at radius 1 is 1.05 bits per heavy atom. The van der Waals surface area contributed by atoms with Crippen LogP contribution in [-0.2, 0) is 5.41 Å². The quantitative estimate of drug-likeness (QED) is 0.766. The number of nitrogens with zero attached hydrogens (tertiary/aromatic N) is 1. The van der Waals surface area contributed by atoms with Gasteiger partial charge in [-0.3, -0.25) is 0 Å². The monoisotopic (exact) mass is 280 g/mol. The van der Waals surface area contributed by atoms with Crippen LogP contribution in [0.4, 0.5) is 0 Å². The van der Waals surface area contributed by atoms with Crippen molar-refractivity contribution in [1.29, 1.82) is 0 Å². The van der Waals surface area contributed by atoms with E-state index in [1.54, 1.807) is 0 Å². The molecule has 3 nitrogen and oxygen atoms in total. The summed E-state index contributed by atoms with van der Waals surface area (Å²) < 4.78 is 5.82. The molecule has 108 valence electrons. The van der Waals surface area contributed by atoms with Crippen molar-refractivity contribution in [3.63, 3.8) is 0 Å². The second-order valence-corrected chi connectivity index (χ2v) is 6.37. The predicted octanol–water partition coefficient (Wildman–Crippen LogP) is 4.17. The van der Waals surface area contributed by atoms with Crippen molar-refractivity contribution in [3.8, 4) is 0 Å². The maximum atomic E-state index is 6.25. The fourth-order valence-electron chi connectivity index (χ4n) is 2.35. The average Bonchev–Trinajstić information content (AvgIpc) is 2.89. The Balaban J connectivity index is 2.02. The lowest BCUT2D eigenvalue weighted by atomic mass is 9.87. The number of fused-ring (bicyclic) bond motifs is 1. The number of oxazole rings is 1. The van der Waals surface area contributed by atoms with Gasteiger partial charge < -0.3 is 10.2 Å². The van der Waals surface area contributed by atoms with Crippen LogP contribution in [-0.4, -0.2) is 4.98 Å². The van der Waals surface area contributed by atoms with E-state index in [1.807, 2.05) is 36.4 Å². The standard InChI is InChI=1S/C18H20N2O/c1-18(2,3)13-9-10-15-14(11-13)20-17(21-15)16(19)12-7-5-4-6-8-12/h4-11,16H,19H2,1-3H3. The zero-order valence-corrected chi connectivity index (χ0v) is 12.6. The molecule has 0 bridgehead atoms. The summed E-state index contributed by atoms with van der Waals surface area (Å²) in [6.45, 7) is 6.56. The van der Waals surface area contributed by atoms with E-state index >= 15 is 0 Å². The smallest absolute Gasteiger partial charge is 0.217 e. The predicted molar refractivity (Wildman–Crippen MR) is 85.2 cm³/mol. The molecule has 1 heterocycles. The molecule has 0 spiro atoms. The van der Waals surface area contributed by atoms with Crippen LogP contribution in [0.2, 0.25) is 0 Å². The fraction of sp³-hybridized carbons (Fsp3) is 0.278. The third-order valence-corrected chi connectivity index (χ3v) is 3.69. The highest BCUT2D eigenvalue weighted by Crippen LogP contribution is 2.28. The first-order valence-corrected chi connectivity index (χ1v) is 7.16. The van der Waals surface area contributed by atoms with Crippen molar-refractivity contribution in [3.05, 3.63) is 65.5 Å². The molecule has 3 heteroatoms. The van der Waals surface area contributed by atoms with Gasteiger partial charge in [0.05, 0.1) is 0 Å². The lowest BCUT2D eigenvalue weighted by Gasteiger charge is -2.18. The van der Waals surface area contributed by atoms with Gasteiger partial charge in [-0.25, -0.2) is 4.98 Å². The minimum atomic E-state index is -0.336. The van der Waals surface area contributed by atoms with Gasteiger partial charge in [-0.15, -0.1) is 0 Å². The lowest BCUT2D eigenvalue weighted by Crippen LogP contribution is -2.12. The third kappa shape index (κ3) is 2.69. The molecular formula is C18H20N2O. The number of hydrogen-bond donors (Lipinski definition) is 1. The lowest BCUT2D eigenvalue weighted by molar-refractivity contribution is 0.505. The molecule has 2 aromatic carbocycles. The van der Waals surface area contributed by atoms with Gasteiger partial charge in [-0.2, -0.15) is 0 Å². The van der Waals surface area contributed by atoms with Crippen LogP contribution in [0.25, 0.3) is 11.1 Å². The Morgan fingerprint density at radius 3 is 2.43 bits per heavy atom. The van der Waals surface area contributed by atoms with Crippen LogP contribution in [0, 0.1) is 0 Å². The average molecular weight is 280 g/mol. The summed E-state index contributed by atoms with van der Waals surface area (Å²) in [5.41, 5.74) is 10.2. The van der Waals surface area contributed by atoms with Crippen molar-refractivity contribution >= 4 is 11.1 Å². The number of hydrogen-bond acceptors (Lipinski definition) is 3. The third-order valence-electron chi connectivity index (χ3n) is 3.69. The molecule has 0 fully saturated rings. The fourth-order valence-corrected chi connectivity index (χ4v) is 2.35. The van der Waals surface area contributed by atoms with E-state index < -0.39 is 0 Å². The molecule has 0 amide bonds. The largest absolute Gasteiger partial charge is 0.439 e. The van der Waals surface area contributed by atoms with E-state index in [9.17, 15) is 0 Å². The summed E-state index contributed by atoms with van der Waals surface area (Å²) in [4.78, 5) is 4.57. The summed E-state index contributed by atoms with van der Waals surface area (Å²) in [5.74, 6) is 0.558. The zero-order valence-electron chi connectivity index (χ0n) is 12.6.